The van der Waals surface area contributed by atoms with Crippen LogP contribution in [0.4, 0.5) is 0 Å². The van der Waals surface area contributed by atoms with Crippen LogP contribution in [0, 0.1) is 5.92 Å². The molecule has 3 rings (SSSR count). The summed E-state index contributed by atoms with van der Waals surface area (Å²) in [7, 11) is 2.15. The number of benzene rings is 2. The second kappa shape index (κ2) is 7.63. The van der Waals surface area contributed by atoms with E-state index < -0.39 is 0 Å². The van der Waals surface area contributed by atoms with Crippen molar-refractivity contribution < 1.29 is 4.79 Å². The highest BCUT2D eigenvalue weighted by Crippen LogP contribution is 2.25. The zero-order chi connectivity index (χ0) is 16.9. The summed E-state index contributed by atoms with van der Waals surface area (Å²) in [5.74, 6) is 0.292. The Morgan fingerprint density at radius 1 is 1.04 bits per heavy atom. The van der Waals surface area contributed by atoms with Crippen molar-refractivity contribution in [2.24, 2.45) is 5.92 Å². The molecule has 0 spiro atoms. The van der Waals surface area contributed by atoms with Crippen molar-refractivity contribution in [3.8, 4) is 0 Å². The highest BCUT2D eigenvalue weighted by atomic mass is 16.2. The number of carbonyl (C=O) groups is 1. The lowest BCUT2D eigenvalue weighted by Crippen LogP contribution is -2.50. The van der Waals surface area contributed by atoms with Crippen LogP contribution in [0.1, 0.15) is 24.1 Å². The van der Waals surface area contributed by atoms with Gasteiger partial charge in [-0.1, -0.05) is 67.6 Å². The van der Waals surface area contributed by atoms with Crippen LogP contribution in [0.2, 0.25) is 0 Å². The van der Waals surface area contributed by atoms with Gasteiger partial charge < -0.3 is 4.90 Å². The minimum atomic E-state index is 0.0206. The molecular weight excluding hydrogens is 296 g/mol. The van der Waals surface area contributed by atoms with Crippen molar-refractivity contribution in [1.82, 2.24) is 9.80 Å². The van der Waals surface area contributed by atoms with E-state index in [9.17, 15) is 4.79 Å². The number of hydrogen-bond acceptors (Lipinski definition) is 2. The molecule has 0 saturated carbocycles. The predicted molar refractivity (Wildman–Crippen MR) is 97.7 cm³/mol. The molecule has 1 saturated heterocycles. The molecule has 1 aliphatic heterocycles. The highest BCUT2D eigenvalue weighted by molar-refractivity contribution is 5.79. The van der Waals surface area contributed by atoms with Crippen LogP contribution in [-0.2, 0) is 11.2 Å². The van der Waals surface area contributed by atoms with Crippen molar-refractivity contribution in [2.75, 3.05) is 26.7 Å². The lowest BCUT2D eigenvalue weighted by atomic mass is 9.97. The molecule has 1 heterocycles. The third-order valence-corrected chi connectivity index (χ3v) is 4.95. The molecule has 3 heteroatoms. The molecule has 2 atom stereocenters. The number of likely N-dealkylation sites (N-methyl/N-ethyl adjacent to an activating group) is 1. The van der Waals surface area contributed by atoms with Crippen LogP contribution in [0.3, 0.4) is 0 Å². The van der Waals surface area contributed by atoms with Crippen molar-refractivity contribution in [2.45, 2.75) is 19.4 Å². The van der Waals surface area contributed by atoms with Crippen LogP contribution in [0.15, 0.2) is 60.7 Å². The molecule has 2 aromatic carbocycles. The summed E-state index contributed by atoms with van der Waals surface area (Å²) in [6, 6.07) is 21.1. The first kappa shape index (κ1) is 16.7. The van der Waals surface area contributed by atoms with Gasteiger partial charge in [0.1, 0.15) is 0 Å². The molecule has 24 heavy (non-hydrogen) atoms. The van der Waals surface area contributed by atoms with E-state index >= 15 is 0 Å². The van der Waals surface area contributed by atoms with Gasteiger partial charge in [-0.15, -0.1) is 0 Å². The third kappa shape index (κ3) is 3.85. The van der Waals surface area contributed by atoms with Gasteiger partial charge in [-0.05, 0) is 24.6 Å². The molecule has 2 unspecified atom stereocenters. The zero-order valence-electron chi connectivity index (χ0n) is 14.6. The fourth-order valence-corrected chi connectivity index (χ4v) is 3.48. The monoisotopic (exact) mass is 322 g/mol. The normalized spacial score (nSPS) is 19.9. The number of rotatable bonds is 4. The van der Waals surface area contributed by atoms with E-state index in [1.165, 1.54) is 11.1 Å². The molecule has 1 aliphatic rings. The Morgan fingerprint density at radius 2 is 1.67 bits per heavy atom. The lowest BCUT2D eigenvalue weighted by Gasteiger charge is -2.40. The van der Waals surface area contributed by atoms with Gasteiger partial charge in [-0.3, -0.25) is 9.69 Å². The van der Waals surface area contributed by atoms with Gasteiger partial charge >= 0.3 is 0 Å². The number of nitrogens with zero attached hydrogens (tertiary/aromatic N) is 2. The third-order valence-electron chi connectivity index (χ3n) is 4.95. The molecule has 0 N–H and O–H groups in total. The smallest absolute Gasteiger partial charge is 0.225 e. The molecule has 3 nitrogen and oxygen atoms in total. The molecule has 2 aromatic rings. The quantitative estimate of drug-likeness (QED) is 0.861. The van der Waals surface area contributed by atoms with Crippen LogP contribution >= 0.6 is 0 Å². The molecular formula is C21H26N2O. The Kier molecular flexibility index (Phi) is 5.31. The molecule has 1 fully saturated rings. The first-order valence-corrected chi connectivity index (χ1v) is 8.73. The summed E-state index contributed by atoms with van der Waals surface area (Å²) in [6.45, 7) is 4.56. The van der Waals surface area contributed by atoms with E-state index in [-0.39, 0.29) is 17.9 Å². The lowest BCUT2D eigenvalue weighted by molar-refractivity contribution is -0.137. The summed E-state index contributed by atoms with van der Waals surface area (Å²) in [5.41, 5.74) is 2.51. The Bertz CT molecular complexity index is 656. The zero-order valence-corrected chi connectivity index (χ0v) is 14.6. The van der Waals surface area contributed by atoms with E-state index in [1.807, 2.05) is 36.1 Å². The molecule has 0 aromatic heterocycles. The summed E-state index contributed by atoms with van der Waals surface area (Å²) in [5, 5.41) is 0. The Labute approximate surface area is 144 Å². The van der Waals surface area contributed by atoms with Gasteiger partial charge in [-0.2, -0.15) is 0 Å². The van der Waals surface area contributed by atoms with Crippen molar-refractivity contribution in [3.05, 3.63) is 71.8 Å². The van der Waals surface area contributed by atoms with E-state index in [1.54, 1.807) is 0 Å². The van der Waals surface area contributed by atoms with E-state index in [4.69, 9.17) is 0 Å². The molecule has 0 bridgehead atoms. The predicted octanol–water partition coefficient (Wildman–Crippen LogP) is 3.38. The van der Waals surface area contributed by atoms with Gasteiger partial charge in [0.25, 0.3) is 0 Å². The first-order chi connectivity index (χ1) is 11.6. The maximum Gasteiger partial charge on any atom is 0.225 e. The van der Waals surface area contributed by atoms with Crippen molar-refractivity contribution in [3.63, 3.8) is 0 Å². The average Bonchev–Trinajstić information content (AvgIpc) is 2.63. The van der Waals surface area contributed by atoms with E-state index in [2.05, 4.69) is 48.3 Å². The van der Waals surface area contributed by atoms with Crippen LogP contribution in [0.5, 0.6) is 0 Å². The standard InChI is InChI=1S/C21H26N2O/c1-17(15-18-9-5-3-6-10-18)21(24)23-14-13-22(2)20(16-23)19-11-7-4-8-12-19/h3-12,17,20H,13-16H2,1-2H3. The van der Waals surface area contributed by atoms with Gasteiger partial charge in [-0.25, -0.2) is 0 Å². The highest BCUT2D eigenvalue weighted by Gasteiger charge is 2.30. The molecule has 1 amide bonds. The largest absolute Gasteiger partial charge is 0.339 e. The van der Waals surface area contributed by atoms with Crippen LogP contribution < -0.4 is 0 Å². The second-order valence-corrected chi connectivity index (χ2v) is 6.78. The number of hydrogen-bond donors (Lipinski definition) is 0. The molecule has 0 aliphatic carbocycles. The topological polar surface area (TPSA) is 23.6 Å². The maximum atomic E-state index is 12.9. The van der Waals surface area contributed by atoms with Crippen LogP contribution in [0.25, 0.3) is 0 Å². The van der Waals surface area contributed by atoms with Gasteiger partial charge in [0.15, 0.2) is 0 Å². The van der Waals surface area contributed by atoms with Crippen molar-refractivity contribution in [1.29, 1.82) is 0 Å². The Balaban J connectivity index is 1.66. The second-order valence-electron chi connectivity index (χ2n) is 6.78. The van der Waals surface area contributed by atoms with Gasteiger partial charge in [0, 0.05) is 25.6 Å². The Morgan fingerprint density at radius 3 is 2.33 bits per heavy atom. The minimum absolute atomic E-state index is 0.0206. The first-order valence-electron chi connectivity index (χ1n) is 8.73. The Hall–Kier alpha value is -2.13. The molecule has 0 radical (unpaired) electrons. The maximum absolute atomic E-state index is 12.9. The SMILES string of the molecule is CC(Cc1ccccc1)C(=O)N1CCN(C)C(c2ccccc2)C1. The summed E-state index contributed by atoms with van der Waals surface area (Å²) in [4.78, 5) is 17.3. The van der Waals surface area contributed by atoms with Crippen molar-refractivity contribution >= 4 is 5.91 Å². The number of piperazine rings is 1. The summed E-state index contributed by atoms with van der Waals surface area (Å²) < 4.78 is 0. The van der Waals surface area contributed by atoms with Gasteiger partial charge in [0.2, 0.25) is 5.91 Å². The average molecular weight is 322 g/mol. The van der Waals surface area contributed by atoms with E-state index in [0.29, 0.717) is 0 Å². The molecule has 126 valence electrons. The summed E-state index contributed by atoms with van der Waals surface area (Å²) >= 11 is 0. The van der Waals surface area contributed by atoms with Crippen LogP contribution in [-0.4, -0.2) is 42.4 Å². The fourth-order valence-electron chi connectivity index (χ4n) is 3.48. The minimum Gasteiger partial charge on any atom is -0.339 e. The van der Waals surface area contributed by atoms with E-state index in [0.717, 1.165) is 26.1 Å². The summed E-state index contributed by atoms with van der Waals surface area (Å²) in [6.07, 6.45) is 0.808. The van der Waals surface area contributed by atoms with Gasteiger partial charge in [0.05, 0.1) is 6.04 Å². The number of amides is 1. The number of carbonyl (C=O) groups excluding carboxylic acids is 1. The fraction of sp³-hybridized carbons (Fsp3) is 0.381.